The molecule has 1 atom stereocenters. The average Bonchev–Trinajstić information content (AvgIpc) is 2.42. The van der Waals surface area contributed by atoms with E-state index in [1.165, 1.54) is 0 Å². The molecule has 1 aromatic carbocycles. The predicted molar refractivity (Wildman–Crippen MR) is 66.7 cm³/mol. The highest BCUT2D eigenvalue weighted by atomic mass is 127. The van der Waals surface area contributed by atoms with Gasteiger partial charge in [0.05, 0.1) is 11.1 Å². The zero-order chi connectivity index (χ0) is 10.3. The molecule has 0 fully saturated rings. The van der Waals surface area contributed by atoms with E-state index in [4.69, 9.17) is 5.11 Å². The largest absolute Gasteiger partial charge is 0.478 e. The van der Waals surface area contributed by atoms with Crippen LogP contribution in [0.2, 0.25) is 0 Å². The van der Waals surface area contributed by atoms with Crippen LogP contribution in [0.5, 0.6) is 0 Å². The topological polar surface area (TPSA) is 42.2 Å². The molecule has 0 aliphatic rings. The minimum Gasteiger partial charge on any atom is -0.478 e. The molecule has 1 unspecified atom stereocenters. The van der Waals surface area contributed by atoms with Gasteiger partial charge in [0.1, 0.15) is 0 Å². The normalized spacial score (nSPS) is 10.7. The molecule has 0 amide bonds. The monoisotopic (exact) mass is 319 g/mol. The van der Waals surface area contributed by atoms with Crippen LogP contribution in [-0.2, 0) is 0 Å². The summed E-state index contributed by atoms with van der Waals surface area (Å²) in [6.45, 7) is 0. The molecule has 0 saturated heterocycles. The second-order valence-electron chi connectivity index (χ2n) is 2.92. The van der Waals surface area contributed by atoms with Crippen molar-refractivity contribution in [1.82, 2.24) is 4.34 Å². The molecule has 0 aliphatic heterocycles. The molecular weight excluding hydrogens is 312 g/mol. The van der Waals surface area contributed by atoms with Crippen LogP contribution in [0.25, 0.3) is 10.9 Å². The van der Waals surface area contributed by atoms with Gasteiger partial charge in [-0.05, 0) is 50.2 Å². The number of benzene rings is 1. The van der Waals surface area contributed by atoms with Crippen molar-refractivity contribution >= 4 is 48.9 Å². The Bertz CT molecular complexity index is 521. The second kappa shape index (κ2) is 3.51. The molecule has 0 radical (unpaired) electrons. The van der Waals surface area contributed by atoms with Crippen molar-refractivity contribution in [2.75, 3.05) is 0 Å². The molecule has 1 heterocycles. The lowest BCUT2D eigenvalue weighted by atomic mass is 10.1. The Hall–Kier alpha value is -0.610. The van der Waals surface area contributed by atoms with Gasteiger partial charge in [0, 0.05) is 15.2 Å². The number of rotatable bonds is 1. The van der Waals surface area contributed by atoms with Crippen molar-refractivity contribution in [2.24, 2.45) is 0 Å². The number of carboxylic acid groups (broad SMARTS) is 1. The van der Waals surface area contributed by atoms with Crippen LogP contribution in [0.1, 0.15) is 10.4 Å². The molecule has 1 aromatic heterocycles. The minimum absolute atomic E-state index is 0.326. The number of hydrogen-bond donors (Lipinski definition) is 1. The lowest BCUT2D eigenvalue weighted by Gasteiger charge is -1.97. The van der Waals surface area contributed by atoms with Gasteiger partial charge >= 0.3 is 5.97 Å². The maximum absolute atomic E-state index is 10.7. The fourth-order valence-electron chi connectivity index (χ4n) is 1.35. The molecule has 3 nitrogen and oxygen atoms in total. The van der Waals surface area contributed by atoms with E-state index in [1.54, 1.807) is 12.1 Å². The van der Waals surface area contributed by atoms with Crippen molar-refractivity contribution < 1.29 is 9.90 Å². The van der Waals surface area contributed by atoms with Crippen LogP contribution in [0.4, 0.5) is 0 Å². The molecule has 5 heteroatoms. The Morgan fingerprint density at radius 3 is 2.86 bits per heavy atom. The molecule has 0 bridgehead atoms. The van der Waals surface area contributed by atoms with E-state index in [9.17, 15) is 4.79 Å². The van der Waals surface area contributed by atoms with Crippen molar-refractivity contribution in [2.45, 2.75) is 0 Å². The van der Waals surface area contributed by atoms with Gasteiger partial charge in [0.2, 0.25) is 0 Å². The summed E-state index contributed by atoms with van der Waals surface area (Å²) in [6, 6.07) is 5.12. The highest BCUT2D eigenvalue weighted by Crippen LogP contribution is 2.25. The maximum atomic E-state index is 10.7. The van der Waals surface area contributed by atoms with Crippen LogP contribution < -0.4 is 0 Å². The van der Waals surface area contributed by atoms with E-state index in [2.05, 4.69) is 32.0 Å². The molecular formula is C9H7INO2P. The number of fused-ring (bicyclic) bond motifs is 1. The van der Waals surface area contributed by atoms with E-state index in [0.717, 1.165) is 14.5 Å². The van der Waals surface area contributed by atoms with Crippen molar-refractivity contribution in [1.29, 1.82) is 0 Å². The van der Waals surface area contributed by atoms with Gasteiger partial charge in [-0.2, -0.15) is 0 Å². The van der Waals surface area contributed by atoms with Crippen molar-refractivity contribution in [3.05, 3.63) is 33.5 Å². The molecule has 14 heavy (non-hydrogen) atoms. The molecule has 0 saturated carbocycles. The highest BCUT2D eigenvalue weighted by Gasteiger charge is 2.08. The summed E-state index contributed by atoms with van der Waals surface area (Å²) in [5.74, 6) is -0.890. The van der Waals surface area contributed by atoms with Gasteiger partial charge in [-0.15, -0.1) is 0 Å². The number of aromatic carboxylic acids is 1. The molecule has 0 spiro atoms. The zero-order valence-corrected chi connectivity index (χ0v) is 10.4. The first kappa shape index (κ1) is 9.93. The standard InChI is InChI=1S/C9H7INO2P/c10-7-4-11(14)8-2-1-5(9(12)13)3-6(7)8/h1-4H,14H2,(H,12,13). The van der Waals surface area contributed by atoms with Gasteiger partial charge in [0.25, 0.3) is 0 Å². The molecule has 2 rings (SSSR count). The fraction of sp³-hybridized carbons (Fsp3) is 0. The SMILES string of the molecule is O=C(O)c1ccc2c(c1)c(I)cn2P. The van der Waals surface area contributed by atoms with E-state index in [-0.39, 0.29) is 0 Å². The lowest BCUT2D eigenvalue weighted by molar-refractivity contribution is 0.0697. The van der Waals surface area contributed by atoms with Gasteiger partial charge < -0.3 is 9.44 Å². The Balaban J connectivity index is 2.77. The fourth-order valence-corrected chi connectivity index (χ4v) is 2.76. The Labute approximate surface area is 96.5 Å². The summed E-state index contributed by atoms with van der Waals surface area (Å²) in [5.41, 5.74) is 1.34. The molecule has 0 aliphatic carbocycles. The quantitative estimate of drug-likeness (QED) is 0.648. The number of carboxylic acids is 1. The van der Waals surface area contributed by atoms with Gasteiger partial charge in [-0.3, -0.25) is 0 Å². The van der Waals surface area contributed by atoms with E-state index < -0.39 is 5.97 Å². The number of hydrogen-bond acceptors (Lipinski definition) is 1. The van der Waals surface area contributed by atoms with E-state index in [0.29, 0.717) is 5.56 Å². The molecule has 2 aromatic rings. The predicted octanol–water partition coefficient (Wildman–Crippen LogP) is 2.58. The summed E-state index contributed by atoms with van der Waals surface area (Å²) in [6.07, 6.45) is 1.95. The number of nitrogens with zero attached hydrogens (tertiary/aromatic N) is 1. The van der Waals surface area contributed by atoms with Gasteiger partial charge in [0.15, 0.2) is 0 Å². The van der Waals surface area contributed by atoms with Gasteiger partial charge in [-0.1, -0.05) is 0 Å². The first-order chi connectivity index (χ1) is 6.59. The van der Waals surface area contributed by atoms with E-state index in [1.807, 2.05) is 16.6 Å². The summed E-state index contributed by atoms with van der Waals surface area (Å²) < 4.78 is 2.96. The van der Waals surface area contributed by atoms with Crippen LogP contribution in [0, 0.1) is 3.57 Å². The Morgan fingerprint density at radius 2 is 2.21 bits per heavy atom. The van der Waals surface area contributed by atoms with Crippen LogP contribution in [-0.4, -0.2) is 15.4 Å². The van der Waals surface area contributed by atoms with Gasteiger partial charge in [-0.25, -0.2) is 4.79 Å². The average molecular weight is 319 g/mol. The molecule has 1 N–H and O–H groups in total. The number of halogens is 1. The Kier molecular flexibility index (Phi) is 2.49. The second-order valence-corrected chi connectivity index (χ2v) is 4.64. The smallest absolute Gasteiger partial charge is 0.335 e. The lowest BCUT2D eigenvalue weighted by Crippen LogP contribution is -1.95. The maximum Gasteiger partial charge on any atom is 0.335 e. The van der Waals surface area contributed by atoms with Crippen molar-refractivity contribution in [3.63, 3.8) is 0 Å². The van der Waals surface area contributed by atoms with Crippen LogP contribution in [0.3, 0.4) is 0 Å². The summed E-state index contributed by atoms with van der Waals surface area (Å²) in [4.78, 5) is 10.7. The summed E-state index contributed by atoms with van der Waals surface area (Å²) in [7, 11) is 2.57. The summed E-state index contributed by atoms with van der Waals surface area (Å²) >= 11 is 2.19. The van der Waals surface area contributed by atoms with Crippen LogP contribution >= 0.6 is 32.0 Å². The number of carbonyl (C=O) groups is 1. The van der Waals surface area contributed by atoms with Crippen molar-refractivity contribution in [3.8, 4) is 0 Å². The first-order valence-electron chi connectivity index (χ1n) is 3.88. The Morgan fingerprint density at radius 1 is 1.50 bits per heavy atom. The third-order valence-corrected chi connectivity index (χ3v) is 3.32. The zero-order valence-electron chi connectivity index (χ0n) is 7.07. The minimum atomic E-state index is -0.890. The van der Waals surface area contributed by atoms with E-state index >= 15 is 0 Å². The van der Waals surface area contributed by atoms with Crippen LogP contribution in [0.15, 0.2) is 24.4 Å². The molecule has 72 valence electrons. The third-order valence-electron chi connectivity index (χ3n) is 2.03. The number of aromatic nitrogens is 1. The highest BCUT2D eigenvalue weighted by molar-refractivity contribution is 14.1. The third kappa shape index (κ3) is 1.53. The summed E-state index contributed by atoms with van der Waals surface area (Å²) in [5, 5.41) is 9.80. The first-order valence-corrected chi connectivity index (χ1v) is 5.48.